The molecule has 1 heterocycles. The van der Waals surface area contributed by atoms with Gasteiger partial charge in [0.1, 0.15) is 12.4 Å². The number of nitrogens with zero attached hydrogens (tertiary/aromatic N) is 2. The summed E-state index contributed by atoms with van der Waals surface area (Å²) < 4.78 is 13.0. The second-order valence-electron chi connectivity index (χ2n) is 8.00. The molecule has 0 spiro atoms. The Morgan fingerprint density at radius 2 is 1.84 bits per heavy atom. The van der Waals surface area contributed by atoms with E-state index in [2.05, 4.69) is 20.9 Å². The van der Waals surface area contributed by atoms with Gasteiger partial charge in [-0.1, -0.05) is 19.3 Å². The van der Waals surface area contributed by atoms with Crippen LogP contribution < -0.4 is 16.0 Å². The van der Waals surface area contributed by atoms with Gasteiger partial charge in [0.15, 0.2) is 5.96 Å². The number of aliphatic imine (C=N–C) groups is 1. The van der Waals surface area contributed by atoms with Gasteiger partial charge in [-0.15, -0.1) is 24.0 Å². The van der Waals surface area contributed by atoms with Crippen LogP contribution in [0.3, 0.4) is 0 Å². The summed E-state index contributed by atoms with van der Waals surface area (Å²) in [6.07, 6.45) is 6.45. The first-order valence-electron chi connectivity index (χ1n) is 10.9. The highest BCUT2D eigenvalue weighted by Gasteiger charge is 2.31. The average Bonchev–Trinajstić information content (AvgIpc) is 3.22. The molecular formula is C22H33FIN5O2. The van der Waals surface area contributed by atoms with Gasteiger partial charge in [0, 0.05) is 37.3 Å². The molecule has 1 saturated heterocycles. The molecule has 1 atom stereocenters. The van der Waals surface area contributed by atoms with Crippen molar-refractivity contribution in [2.45, 2.75) is 51.5 Å². The number of carbonyl (C=O) groups excluding carboxylic acids is 2. The highest BCUT2D eigenvalue weighted by Crippen LogP contribution is 2.26. The van der Waals surface area contributed by atoms with Crippen LogP contribution in [0.25, 0.3) is 0 Å². The maximum Gasteiger partial charge on any atom is 0.246 e. The van der Waals surface area contributed by atoms with E-state index < -0.39 is 0 Å². The Morgan fingerprint density at radius 3 is 2.52 bits per heavy atom. The quantitative estimate of drug-likeness (QED) is 0.292. The lowest BCUT2D eigenvalue weighted by Crippen LogP contribution is -2.46. The van der Waals surface area contributed by atoms with Crippen LogP contribution >= 0.6 is 24.0 Å². The van der Waals surface area contributed by atoms with Gasteiger partial charge in [-0.3, -0.25) is 9.59 Å². The molecule has 0 bridgehead atoms. The summed E-state index contributed by atoms with van der Waals surface area (Å²) in [7, 11) is 0. The Labute approximate surface area is 200 Å². The van der Waals surface area contributed by atoms with E-state index in [1.807, 2.05) is 11.8 Å². The van der Waals surface area contributed by atoms with E-state index in [4.69, 9.17) is 0 Å². The number of rotatable bonds is 6. The number of guanidine groups is 1. The minimum Gasteiger partial charge on any atom is -0.357 e. The molecular weight excluding hydrogens is 512 g/mol. The fourth-order valence-corrected chi connectivity index (χ4v) is 4.08. The Bertz CT molecular complexity index is 753. The molecule has 31 heavy (non-hydrogen) atoms. The van der Waals surface area contributed by atoms with Crippen LogP contribution in [0.1, 0.15) is 45.4 Å². The fraction of sp³-hybridized carbons (Fsp3) is 0.591. The fourth-order valence-electron chi connectivity index (χ4n) is 4.08. The molecule has 1 aromatic rings. The molecule has 1 saturated carbocycles. The van der Waals surface area contributed by atoms with Crippen LogP contribution in [0.5, 0.6) is 0 Å². The molecule has 7 nitrogen and oxygen atoms in total. The molecule has 1 aliphatic carbocycles. The van der Waals surface area contributed by atoms with Crippen molar-refractivity contribution in [1.82, 2.24) is 15.5 Å². The third-order valence-corrected chi connectivity index (χ3v) is 5.65. The van der Waals surface area contributed by atoms with Crippen molar-refractivity contribution >= 4 is 47.4 Å². The van der Waals surface area contributed by atoms with Crippen LogP contribution in [-0.2, 0) is 9.59 Å². The molecule has 3 rings (SSSR count). The first-order valence-corrected chi connectivity index (χ1v) is 10.9. The summed E-state index contributed by atoms with van der Waals surface area (Å²) in [6.45, 7) is 4.01. The van der Waals surface area contributed by atoms with Gasteiger partial charge in [-0.25, -0.2) is 9.38 Å². The lowest BCUT2D eigenvalue weighted by atomic mass is 9.88. The van der Waals surface area contributed by atoms with Gasteiger partial charge in [-0.2, -0.15) is 0 Å². The molecule has 3 N–H and O–H groups in total. The molecule has 0 radical (unpaired) electrons. The lowest BCUT2D eigenvalue weighted by molar-refractivity contribution is -0.135. The maximum atomic E-state index is 13.0. The Balaban J connectivity index is 0.00000341. The zero-order valence-corrected chi connectivity index (χ0v) is 20.4. The minimum absolute atomic E-state index is 0. The number of carbonyl (C=O) groups is 2. The number of hydrogen-bond donors (Lipinski definition) is 3. The Hall–Kier alpha value is -1.91. The van der Waals surface area contributed by atoms with Crippen molar-refractivity contribution in [3.8, 4) is 0 Å². The summed E-state index contributed by atoms with van der Waals surface area (Å²) in [4.78, 5) is 31.2. The molecule has 9 heteroatoms. The number of halogens is 2. The van der Waals surface area contributed by atoms with Crippen LogP contribution in [0, 0.1) is 11.7 Å². The zero-order valence-electron chi connectivity index (χ0n) is 18.0. The maximum absolute atomic E-state index is 13.0. The van der Waals surface area contributed by atoms with Crippen molar-refractivity contribution in [3.05, 3.63) is 30.1 Å². The molecule has 2 fully saturated rings. The predicted octanol–water partition coefficient (Wildman–Crippen LogP) is 3.12. The van der Waals surface area contributed by atoms with Crippen LogP contribution in [0.2, 0.25) is 0 Å². The molecule has 0 aromatic heterocycles. The third-order valence-electron chi connectivity index (χ3n) is 5.65. The van der Waals surface area contributed by atoms with Crippen molar-refractivity contribution < 1.29 is 14.0 Å². The Kier molecular flexibility index (Phi) is 10.5. The molecule has 1 aliphatic heterocycles. The lowest BCUT2D eigenvalue weighted by Gasteiger charge is -2.26. The van der Waals surface area contributed by atoms with Crippen LogP contribution in [0.15, 0.2) is 29.3 Å². The van der Waals surface area contributed by atoms with E-state index in [0.717, 1.165) is 38.6 Å². The second-order valence-corrected chi connectivity index (χ2v) is 8.00. The van der Waals surface area contributed by atoms with Crippen LogP contribution in [0.4, 0.5) is 10.1 Å². The second kappa shape index (κ2) is 12.8. The third kappa shape index (κ3) is 7.93. The van der Waals surface area contributed by atoms with E-state index in [-0.39, 0.29) is 54.2 Å². The summed E-state index contributed by atoms with van der Waals surface area (Å²) >= 11 is 0. The normalized spacial score (nSPS) is 19.5. The monoisotopic (exact) mass is 545 g/mol. The van der Waals surface area contributed by atoms with Crippen LogP contribution in [-0.4, -0.2) is 54.9 Å². The number of amides is 2. The predicted molar refractivity (Wildman–Crippen MR) is 131 cm³/mol. The standard InChI is InChI=1S/C22H32FN5O2.HI/c1-2-24-22(25-14-20(29)26-18-10-8-17(23)9-11-18)27-19-12-13-28(15-19)21(30)16-6-4-3-5-7-16;/h8-11,16,19H,2-7,12-15H2,1H3,(H,26,29)(H2,24,25,27);1H. The van der Waals surface area contributed by atoms with Gasteiger partial charge in [0.05, 0.1) is 0 Å². The SMILES string of the molecule is CCNC(=NCC(=O)Nc1ccc(F)cc1)NC1CCN(C(=O)C2CCCCC2)C1.I. The van der Waals surface area contributed by atoms with E-state index in [1.54, 1.807) is 0 Å². The molecule has 2 aliphatic rings. The smallest absolute Gasteiger partial charge is 0.246 e. The molecule has 2 amide bonds. The molecule has 172 valence electrons. The van der Waals surface area contributed by atoms with Crippen molar-refractivity contribution in [2.75, 3.05) is 31.5 Å². The zero-order chi connectivity index (χ0) is 21.3. The highest BCUT2D eigenvalue weighted by atomic mass is 127. The summed E-state index contributed by atoms with van der Waals surface area (Å²) in [6, 6.07) is 5.74. The van der Waals surface area contributed by atoms with E-state index in [1.165, 1.54) is 30.7 Å². The topological polar surface area (TPSA) is 85.8 Å². The molecule has 1 aromatic carbocycles. The van der Waals surface area contributed by atoms with Gasteiger partial charge in [0.25, 0.3) is 0 Å². The summed E-state index contributed by atoms with van der Waals surface area (Å²) in [5.74, 6) is 0.412. The summed E-state index contributed by atoms with van der Waals surface area (Å²) in [5.41, 5.74) is 0.530. The first-order chi connectivity index (χ1) is 14.5. The Morgan fingerprint density at radius 1 is 1.13 bits per heavy atom. The highest BCUT2D eigenvalue weighted by molar-refractivity contribution is 14.0. The first kappa shape index (κ1) is 25.4. The minimum atomic E-state index is -0.350. The number of benzene rings is 1. The van der Waals surface area contributed by atoms with Crippen molar-refractivity contribution in [1.29, 1.82) is 0 Å². The average molecular weight is 545 g/mol. The number of nitrogens with one attached hydrogen (secondary N) is 3. The number of likely N-dealkylation sites (tertiary alicyclic amines) is 1. The van der Waals surface area contributed by atoms with Gasteiger partial charge in [-0.05, 0) is 50.5 Å². The van der Waals surface area contributed by atoms with Crippen molar-refractivity contribution in [3.63, 3.8) is 0 Å². The van der Waals surface area contributed by atoms with E-state index in [9.17, 15) is 14.0 Å². The largest absolute Gasteiger partial charge is 0.357 e. The number of hydrogen-bond acceptors (Lipinski definition) is 3. The number of anilines is 1. The van der Waals surface area contributed by atoms with Gasteiger partial charge >= 0.3 is 0 Å². The molecule has 1 unspecified atom stereocenters. The van der Waals surface area contributed by atoms with Gasteiger partial charge < -0.3 is 20.9 Å². The summed E-state index contributed by atoms with van der Waals surface area (Å²) in [5, 5.41) is 9.19. The van der Waals surface area contributed by atoms with E-state index in [0.29, 0.717) is 30.6 Å². The van der Waals surface area contributed by atoms with Crippen molar-refractivity contribution in [2.24, 2.45) is 10.9 Å². The van der Waals surface area contributed by atoms with E-state index >= 15 is 0 Å². The van der Waals surface area contributed by atoms with Gasteiger partial charge in [0.2, 0.25) is 11.8 Å².